The zero-order valence-electron chi connectivity index (χ0n) is 17.5. The number of benzene rings is 2. The topological polar surface area (TPSA) is 90.1 Å². The molecule has 32 heavy (non-hydrogen) atoms. The molecule has 162 valence electrons. The van der Waals surface area contributed by atoms with E-state index in [1.807, 2.05) is 66.7 Å². The summed E-state index contributed by atoms with van der Waals surface area (Å²) in [7, 11) is 0. The van der Waals surface area contributed by atoms with E-state index in [0.717, 1.165) is 21.9 Å². The number of aryl methyl sites for hydroxylation is 1. The van der Waals surface area contributed by atoms with Crippen molar-refractivity contribution in [3.8, 4) is 5.75 Å². The van der Waals surface area contributed by atoms with E-state index in [4.69, 9.17) is 9.26 Å². The van der Waals surface area contributed by atoms with E-state index in [-0.39, 0.29) is 5.91 Å². The first-order valence-electron chi connectivity index (χ1n) is 10.1. The molecule has 0 radical (unpaired) electrons. The van der Waals surface area contributed by atoms with E-state index in [2.05, 4.69) is 20.4 Å². The van der Waals surface area contributed by atoms with Crippen molar-refractivity contribution < 1.29 is 14.1 Å². The summed E-state index contributed by atoms with van der Waals surface area (Å²) in [5, 5.41) is 6.78. The summed E-state index contributed by atoms with van der Waals surface area (Å²) in [5.41, 5.74) is 2.41. The number of amides is 1. The number of hydrogen-bond acceptors (Lipinski definition) is 7. The van der Waals surface area contributed by atoms with Gasteiger partial charge in [0.15, 0.2) is 5.82 Å². The maximum atomic E-state index is 12.8. The van der Waals surface area contributed by atoms with Gasteiger partial charge in [-0.1, -0.05) is 35.5 Å². The van der Waals surface area contributed by atoms with Crippen LogP contribution in [-0.4, -0.2) is 21.0 Å². The minimum Gasteiger partial charge on any atom is -0.487 e. The van der Waals surface area contributed by atoms with Crippen LogP contribution in [0.5, 0.6) is 5.75 Å². The van der Waals surface area contributed by atoms with Crippen LogP contribution in [0.25, 0.3) is 0 Å². The maximum absolute atomic E-state index is 12.8. The van der Waals surface area contributed by atoms with Crippen molar-refractivity contribution in [2.45, 2.75) is 30.7 Å². The lowest BCUT2D eigenvalue weighted by molar-refractivity contribution is 0.0948. The molecule has 0 unspecified atom stereocenters. The zero-order valence-corrected chi connectivity index (χ0v) is 18.3. The number of ether oxygens (including phenoxy) is 1. The third-order valence-corrected chi connectivity index (χ3v) is 5.58. The van der Waals surface area contributed by atoms with Gasteiger partial charge in [0.25, 0.3) is 5.91 Å². The summed E-state index contributed by atoms with van der Waals surface area (Å²) in [5.74, 6) is 2.21. The summed E-state index contributed by atoms with van der Waals surface area (Å²) in [6.45, 7) is 2.56. The lowest BCUT2D eigenvalue weighted by atomic mass is 10.2. The van der Waals surface area contributed by atoms with Crippen LogP contribution in [0.2, 0.25) is 0 Å². The molecular formula is C24H22N4O3S. The smallest absolute Gasteiger partial charge is 0.252 e. The first kappa shape index (κ1) is 21.6. The Bertz CT molecular complexity index is 1180. The normalized spacial score (nSPS) is 10.7. The zero-order chi connectivity index (χ0) is 22.2. The lowest BCUT2D eigenvalue weighted by Crippen LogP contribution is -2.23. The summed E-state index contributed by atoms with van der Waals surface area (Å²) < 4.78 is 11.0. The Morgan fingerprint density at radius 2 is 1.97 bits per heavy atom. The highest BCUT2D eigenvalue weighted by atomic mass is 32.2. The largest absolute Gasteiger partial charge is 0.487 e. The number of rotatable bonds is 9. The minimum atomic E-state index is -0.144. The van der Waals surface area contributed by atoms with Crippen molar-refractivity contribution in [3.63, 3.8) is 0 Å². The molecule has 2 aromatic heterocycles. The second kappa shape index (κ2) is 10.6. The third-order valence-electron chi connectivity index (χ3n) is 4.52. The van der Waals surface area contributed by atoms with E-state index in [1.165, 1.54) is 11.8 Å². The van der Waals surface area contributed by atoms with Gasteiger partial charge in [0, 0.05) is 17.6 Å². The SMILES string of the molecule is Cc1noc(CSc2ccccc2C(=O)NCc2cccc(OCc3ccccn3)c2)n1. The molecule has 4 aromatic rings. The van der Waals surface area contributed by atoms with Crippen molar-refractivity contribution in [2.24, 2.45) is 0 Å². The molecule has 0 bridgehead atoms. The molecule has 8 heteroatoms. The Labute approximate surface area is 190 Å². The fourth-order valence-electron chi connectivity index (χ4n) is 2.98. The number of pyridine rings is 1. The molecule has 0 fully saturated rings. The highest BCUT2D eigenvalue weighted by molar-refractivity contribution is 7.98. The van der Waals surface area contributed by atoms with Crippen molar-refractivity contribution in [1.82, 2.24) is 20.4 Å². The first-order chi connectivity index (χ1) is 15.7. The van der Waals surface area contributed by atoms with Gasteiger partial charge >= 0.3 is 0 Å². The highest BCUT2D eigenvalue weighted by Gasteiger charge is 2.13. The molecule has 0 aliphatic rings. The van der Waals surface area contributed by atoms with Gasteiger partial charge in [-0.3, -0.25) is 9.78 Å². The van der Waals surface area contributed by atoms with Crippen LogP contribution in [0, 0.1) is 6.92 Å². The van der Waals surface area contributed by atoms with E-state index in [9.17, 15) is 4.79 Å². The van der Waals surface area contributed by atoms with Crippen LogP contribution < -0.4 is 10.1 Å². The van der Waals surface area contributed by atoms with E-state index < -0.39 is 0 Å². The molecular weight excluding hydrogens is 424 g/mol. The van der Waals surface area contributed by atoms with Crippen LogP contribution >= 0.6 is 11.8 Å². The summed E-state index contributed by atoms with van der Waals surface area (Å²) in [6, 6.07) is 20.9. The van der Waals surface area contributed by atoms with Gasteiger partial charge in [0.2, 0.25) is 5.89 Å². The molecule has 1 N–H and O–H groups in total. The number of carbonyl (C=O) groups is 1. The first-order valence-corrected chi connectivity index (χ1v) is 11.1. The van der Waals surface area contributed by atoms with Crippen LogP contribution in [0.15, 0.2) is 82.3 Å². The predicted octanol–water partition coefficient (Wildman–Crippen LogP) is 4.57. The molecule has 0 atom stereocenters. The number of thioether (sulfide) groups is 1. The fraction of sp³-hybridized carbons (Fsp3) is 0.167. The fourth-order valence-corrected chi connectivity index (χ4v) is 3.87. The lowest BCUT2D eigenvalue weighted by Gasteiger charge is -2.11. The molecule has 4 rings (SSSR count). The predicted molar refractivity (Wildman–Crippen MR) is 121 cm³/mol. The Kier molecular flexibility index (Phi) is 7.14. The molecule has 2 heterocycles. The third kappa shape index (κ3) is 5.95. The number of carbonyl (C=O) groups excluding carboxylic acids is 1. The summed E-state index contributed by atoms with van der Waals surface area (Å²) >= 11 is 1.49. The molecule has 1 amide bonds. The van der Waals surface area contributed by atoms with Gasteiger partial charge in [-0.25, -0.2) is 0 Å². The summed E-state index contributed by atoms with van der Waals surface area (Å²) in [4.78, 5) is 22.1. The van der Waals surface area contributed by atoms with Crippen LogP contribution in [0.3, 0.4) is 0 Å². The minimum absolute atomic E-state index is 0.144. The molecule has 0 saturated carbocycles. The number of aromatic nitrogens is 3. The van der Waals surface area contributed by atoms with E-state index in [0.29, 0.717) is 36.2 Å². The Hall–Kier alpha value is -3.65. The Morgan fingerprint density at radius 1 is 1.09 bits per heavy atom. The van der Waals surface area contributed by atoms with Crippen molar-refractivity contribution >= 4 is 17.7 Å². The Balaban J connectivity index is 1.34. The molecule has 0 spiro atoms. The molecule has 0 saturated heterocycles. The molecule has 2 aromatic carbocycles. The highest BCUT2D eigenvalue weighted by Crippen LogP contribution is 2.26. The molecule has 0 aliphatic carbocycles. The van der Waals surface area contributed by atoms with Crippen LogP contribution in [-0.2, 0) is 18.9 Å². The van der Waals surface area contributed by atoms with E-state index >= 15 is 0 Å². The molecule has 0 aliphatic heterocycles. The standard InChI is InChI=1S/C24H22N4O3S/c1-17-27-23(31-28-17)16-32-22-11-3-2-10-21(22)24(29)26-14-18-7-6-9-20(13-18)30-15-19-8-4-5-12-25-19/h2-13H,14-16H2,1H3,(H,26,29). The van der Waals surface area contributed by atoms with Crippen molar-refractivity contribution in [3.05, 3.63) is 101 Å². The number of nitrogens with one attached hydrogen (secondary N) is 1. The van der Waals surface area contributed by atoms with Crippen LogP contribution in [0.1, 0.15) is 33.3 Å². The monoisotopic (exact) mass is 446 g/mol. The maximum Gasteiger partial charge on any atom is 0.252 e. The van der Waals surface area contributed by atoms with Gasteiger partial charge in [-0.2, -0.15) is 4.98 Å². The molecule has 7 nitrogen and oxygen atoms in total. The van der Waals surface area contributed by atoms with Gasteiger partial charge in [-0.15, -0.1) is 11.8 Å². The average molecular weight is 447 g/mol. The summed E-state index contributed by atoms with van der Waals surface area (Å²) in [6.07, 6.45) is 1.74. The van der Waals surface area contributed by atoms with E-state index in [1.54, 1.807) is 13.1 Å². The Morgan fingerprint density at radius 3 is 2.78 bits per heavy atom. The average Bonchev–Trinajstić information content (AvgIpc) is 3.26. The van der Waals surface area contributed by atoms with Gasteiger partial charge in [0.1, 0.15) is 12.4 Å². The van der Waals surface area contributed by atoms with Gasteiger partial charge < -0.3 is 14.6 Å². The van der Waals surface area contributed by atoms with Crippen LogP contribution in [0.4, 0.5) is 0 Å². The van der Waals surface area contributed by atoms with Crippen molar-refractivity contribution in [2.75, 3.05) is 0 Å². The quantitative estimate of drug-likeness (QED) is 0.377. The number of hydrogen-bond donors (Lipinski definition) is 1. The van der Waals surface area contributed by atoms with Gasteiger partial charge in [0.05, 0.1) is 17.0 Å². The van der Waals surface area contributed by atoms with Crippen molar-refractivity contribution in [1.29, 1.82) is 0 Å². The van der Waals surface area contributed by atoms with Gasteiger partial charge in [-0.05, 0) is 48.9 Å². The second-order valence-corrected chi connectivity index (χ2v) is 7.98. The second-order valence-electron chi connectivity index (χ2n) is 6.96. The number of nitrogens with zero attached hydrogens (tertiary/aromatic N) is 3.